The molecule has 2 aromatic carbocycles. The Kier molecular flexibility index (Phi) is 3.93. The molecule has 142 valence electrons. The number of hydrogen-bond acceptors (Lipinski definition) is 3. The number of nitrogens with zero attached hydrogens (tertiary/aromatic N) is 3. The smallest absolute Gasteiger partial charge is 0.251 e. The number of benzene rings is 2. The molecule has 0 unspecified atom stereocenters. The summed E-state index contributed by atoms with van der Waals surface area (Å²) in [6.07, 6.45) is 4.98. The lowest BCUT2D eigenvalue weighted by atomic mass is 10.1. The maximum absolute atomic E-state index is 12.5. The molecule has 0 aliphatic heterocycles. The average molecular weight is 373 g/mol. The topological polar surface area (TPSA) is 75.6 Å². The Hall–Kier alpha value is -3.15. The predicted octanol–water partition coefficient (Wildman–Crippen LogP) is 3.84. The second-order valence-corrected chi connectivity index (χ2v) is 7.73. The van der Waals surface area contributed by atoms with Gasteiger partial charge in [-0.05, 0) is 68.1 Å². The van der Waals surface area contributed by atoms with E-state index in [-0.39, 0.29) is 5.91 Å². The highest BCUT2D eigenvalue weighted by Crippen LogP contribution is 2.37. The summed E-state index contributed by atoms with van der Waals surface area (Å²) in [5.74, 6) is 0.810. The number of nitrogens with one attached hydrogen (secondary N) is 2. The highest BCUT2D eigenvalue weighted by molar-refractivity contribution is 5.97. The molecule has 1 saturated carbocycles. The minimum atomic E-state index is -0.0781. The fourth-order valence-corrected chi connectivity index (χ4v) is 3.65. The van der Waals surface area contributed by atoms with Crippen LogP contribution in [0.15, 0.2) is 36.7 Å². The monoisotopic (exact) mass is 373 g/mol. The predicted molar refractivity (Wildman–Crippen MR) is 110 cm³/mol. The van der Waals surface area contributed by atoms with Crippen molar-refractivity contribution in [3.8, 4) is 0 Å². The molecule has 28 heavy (non-hydrogen) atoms. The summed E-state index contributed by atoms with van der Waals surface area (Å²) in [5, 5.41) is 2.99. The lowest BCUT2D eigenvalue weighted by molar-refractivity contribution is 0.0954. The lowest BCUT2D eigenvalue weighted by Crippen LogP contribution is -2.25. The van der Waals surface area contributed by atoms with E-state index in [0.717, 1.165) is 27.9 Å². The van der Waals surface area contributed by atoms with Crippen molar-refractivity contribution >= 4 is 28.0 Å². The Bertz CT molecular complexity index is 1160. The number of aryl methyl sites for hydroxylation is 2. The standard InChI is InChI=1S/C22H23N5O/c1-13-9-17-18(10-14(13)2)26-21(25-17)7-8-23-22(28)15-3-6-20-19(11-15)24-12-27(20)16-4-5-16/h3,6,9-12,16H,4-5,7-8H2,1-2H3,(H,23,28)(H,25,26). The van der Waals surface area contributed by atoms with Gasteiger partial charge in [-0.1, -0.05) is 0 Å². The molecule has 6 nitrogen and oxygen atoms in total. The molecular weight excluding hydrogens is 350 g/mol. The van der Waals surface area contributed by atoms with Crippen LogP contribution in [0.3, 0.4) is 0 Å². The Labute approximate surface area is 163 Å². The average Bonchev–Trinajstić information content (AvgIpc) is 3.32. The fraction of sp³-hybridized carbons (Fsp3) is 0.318. The summed E-state index contributed by atoms with van der Waals surface area (Å²) in [5.41, 5.74) is 7.12. The van der Waals surface area contributed by atoms with Gasteiger partial charge in [0, 0.05) is 24.6 Å². The van der Waals surface area contributed by atoms with Crippen molar-refractivity contribution in [2.45, 2.75) is 39.2 Å². The molecule has 0 saturated heterocycles. The molecule has 0 bridgehead atoms. The molecule has 2 N–H and O–H groups in total. The number of H-pyrrole nitrogens is 1. The summed E-state index contributed by atoms with van der Waals surface area (Å²) in [4.78, 5) is 25.0. The van der Waals surface area contributed by atoms with Crippen molar-refractivity contribution < 1.29 is 4.79 Å². The molecule has 0 spiro atoms. The second-order valence-electron chi connectivity index (χ2n) is 7.73. The van der Waals surface area contributed by atoms with Crippen LogP contribution in [-0.2, 0) is 6.42 Å². The highest BCUT2D eigenvalue weighted by atomic mass is 16.1. The van der Waals surface area contributed by atoms with Crippen LogP contribution >= 0.6 is 0 Å². The van der Waals surface area contributed by atoms with Gasteiger partial charge in [0.2, 0.25) is 0 Å². The van der Waals surface area contributed by atoms with Crippen molar-refractivity contribution in [3.05, 3.63) is 59.2 Å². The van der Waals surface area contributed by atoms with Gasteiger partial charge < -0.3 is 14.9 Å². The van der Waals surface area contributed by atoms with Crippen LogP contribution in [0.25, 0.3) is 22.1 Å². The zero-order valence-electron chi connectivity index (χ0n) is 16.1. The van der Waals surface area contributed by atoms with E-state index in [1.165, 1.54) is 24.0 Å². The first-order chi connectivity index (χ1) is 13.6. The molecule has 2 heterocycles. The minimum Gasteiger partial charge on any atom is -0.352 e. The summed E-state index contributed by atoms with van der Waals surface area (Å²) in [6, 6.07) is 10.6. The Morgan fingerprint density at radius 2 is 2.00 bits per heavy atom. The molecule has 1 amide bonds. The quantitative estimate of drug-likeness (QED) is 0.558. The van der Waals surface area contributed by atoms with E-state index in [4.69, 9.17) is 0 Å². The van der Waals surface area contributed by atoms with Crippen LogP contribution in [-0.4, -0.2) is 32.0 Å². The molecular formula is C22H23N5O. The SMILES string of the molecule is Cc1cc2nc(CCNC(=O)c3ccc4c(c3)ncn4C3CC3)[nH]c2cc1C. The van der Waals surface area contributed by atoms with E-state index >= 15 is 0 Å². The molecule has 1 aliphatic carbocycles. The fourth-order valence-electron chi connectivity index (χ4n) is 3.65. The van der Waals surface area contributed by atoms with Crippen molar-refractivity contribution in [3.63, 3.8) is 0 Å². The van der Waals surface area contributed by atoms with Gasteiger partial charge in [-0.2, -0.15) is 0 Å². The zero-order chi connectivity index (χ0) is 19.3. The molecule has 0 atom stereocenters. The van der Waals surface area contributed by atoms with Gasteiger partial charge in [-0.15, -0.1) is 0 Å². The number of amides is 1. The zero-order valence-corrected chi connectivity index (χ0v) is 16.1. The van der Waals surface area contributed by atoms with Crippen LogP contribution in [0.4, 0.5) is 0 Å². The number of hydrogen-bond donors (Lipinski definition) is 2. The van der Waals surface area contributed by atoms with Crippen molar-refractivity contribution in [1.82, 2.24) is 24.8 Å². The Morgan fingerprint density at radius 3 is 2.82 bits per heavy atom. The van der Waals surface area contributed by atoms with Gasteiger partial charge in [0.1, 0.15) is 5.82 Å². The summed E-state index contributed by atoms with van der Waals surface area (Å²) in [6.45, 7) is 4.72. The number of carbonyl (C=O) groups excluding carboxylic acids is 1. The van der Waals surface area contributed by atoms with Gasteiger partial charge in [-0.3, -0.25) is 4.79 Å². The summed E-state index contributed by atoms with van der Waals surface area (Å²) < 4.78 is 2.21. The van der Waals surface area contributed by atoms with Crippen molar-refractivity contribution in [1.29, 1.82) is 0 Å². The Balaban J connectivity index is 1.25. The molecule has 6 heteroatoms. The van der Waals surface area contributed by atoms with Gasteiger partial charge in [0.05, 0.1) is 28.4 Å². The Morgan fingerprint density at radius 1 is 1.18 bits per heavy atom. The van der Waals surface area contributed by atoms with Gasteiger partial charge in [-0.25, -0.2) is 9.97 Å². The van der Waals surface area contributed by atoms with E-state index in [1.54, 1.807) is 0 Å². The van der Waals surface area contributed by atoms with Crippen LogP contribution in [0.5, 0.6) is 0 Å². The number of rotatable bonds is 5. The van der Waals surface area contributed by atoms with Gasteiger partial charge >= 0.3 is 0 Å². The van der Waals surface area contributed by atoms with Crippen LogP contribution < -0.4 is 5.32 Å². The summed E-state index contributed by atoms with van der Waals surface area (Å²) in [7, 11) is 0. The van der Waals surface area contributed by atoms with Crippen molar-refractivity contribution in [2.75, 3.05) is 6.54 Å². The van der Waals surface area contributed by atoms with Crippen LogP contribution in [0, 0.1) is 13.8 Å². The van der Waals surface area contributed by atoms with E-state index in [1.807, 2.05) is 24.5 Å². The molecule has 1 aliphatic rings. The van der Waals surface area contributed by atoms with Gasteiger partial charge in [0.25, 0.3) is 5.91 Å². The minimum absolute atomic E-state index is 0.0781. The number of imidazole rings is 2. The van der Waals surface area contributed by atoms with E-state index in [9.17, 15) is 4.79 Å². The number of aromatic nitrogens is 4. The number of aromatic amines is 1. The van der Waals surface area contributed by atoms with Gasteiger partial charge in [0.15, 0.2) is 0 Å². The molecule has 2 aromatic heterocycles. The third-order valence-corrected chi connectivity index (χ3v) is 5.57. The largest absolute Gasteiger partial charge is 0.352 e. The third-order valence-electron chi connectivity index (χ3n) is 5.57. The van der Waals surface area contributed by atoms with E-state index in [0.29, 0.717) is 24.6 Å². The maximum atomic E-state index is 12.5. The maximum Gasteiger partial charge on any atom is 0.251 e. The van der Waals surface area contributed by atoms with Crippen LogP contribution in [0.2, 0.25) is 0 Å². The first kappa shape index (κ1) is 17.0. The highest BCUT2D eigenvalue weighted by Gasteiger charge is 2.25. The van der Waals surface area contributed by atoms with E-state index in [2.05, 4.69) is 50.8 Å². The first-order valence-electron chi connectivity index (χ1n) is 9.79. The first-order valence-corrected chi connectivity index (χ1v) is 9.79. The van der Waals surface area contributed by atoms with Crippen LogP contribution in [0.1, 0.15) is 46.2 Å². The molecule has 1 fully saturated rings. The van der Waals surface area contributed by atoms with Crippen molar-refractivity contribution in [2.24, 2.45) is 0 Å². The lowest BCUT2D eigenvalue weighted by Gasteiger charge is -2.05. The number of carbonyl (C=O) groups is 1. The van der Waals surface area contributed by atoms with E-state index < -0.39 is 0 Å². The molecule has 0 radical (unpaired) electrons. The normalized spacial score (nSPS) is 14.1. The third kappa shape index (κ3) is 3.05. The molecule has 5 rings (SSSR count). The molecule has 4 aromatic rings. The number of fused-ring (bicyclic) bond motifs is 2. The summed E-state index contributed by atoms with van der Waals surface area (Å²) >= 11 is 0. The second kappa shape index (κ2) is 6.48.